The molecular formula is C14H16N2O3. The molecule has 1 aromatic heterocycles. The maximum atomic E-state index is 10.6. The van der Waals surface area contributed by atoms with Crippen molar-refractivity contribution in [3.05, 3.63) is 53.7 Å². The molecule has 0 unspecified atom stereocenters. The quantitative estimate of drug-likeness (QED) is 0.746. The van der Waals surface area contributed by atoms with Crippen molar-refractivity contribution in [1.82, 2.24) is 10.3 Å². The first-order chi connectivity index (χ1) is 9.25. The molecule has 0 spiro atoms. The van der Waals surface area contributed by atoms with Crippen molar-refractivity contribution in [2.75, 3.05) is 6.54 Å². The van der Waals surface area contributed by atoms with Gasteiger partial charge < -0.3 is 14.8 Å². The maximum absolute atomic E-state index is 10.6. The molecule has 5 heteroatoms. The van der Waals surface area contributed by atoms with Gasteiger partial charge >= 0.3 is 5.97 Å². The topological polar surface area (TPSA) is 75.4 Å². The molecule has 2 N–H and O–H groups in total. The Kier molecular flexibility index (Phi) is 4.69. The Morgan fingerprint density at radius 1 is 1.32 bits per heavy atom. The monoisotopic (exact) mass is 260 g/mol. The zero-order valence-corrected chi connectivity index (χ0v) is 10.5. The van der Waals surface area contributed by atoms with Gasteiger partial charge in [-0.3, -0.25) is 0 Å². The molecule has 0 aliphatic rings. The van der Waals surface area contributed by atoms with E-state index in [9.17, 15) is 4.79 Å². The smallest absolute Gasteiger partial charge is 0.357 e. The first-order valence-corrected chi connectivity index (χ1v) is 6.18. The van der Waals surface area contributed by atoms with Gasteiger partial charge in [-0.1, -0.05) is 30.3 Å². The van der Waals surface area contributed by atoms with Gasteiger partial charge in [0.2, 0.25) is 5.89 Å². The Morgan fingerprint density at radius 2 is 2.11 bits per heavy atom. The lowest BCUT2D eigenvalue weighted by Gasteiger charge is -2.02. The molecule has 0 radical (unpaired) electrons. The van der Waals surface area contributed by atoms with E-state index in [2.05, 4.69) is 22.4 Å². The van der Waals surface area contributed by atoms with Crippen molar-refractivity contribution >= 4 is 5.97 Å². The average molecular weight is 260 g/mol. The van der Waals surface area contributed by atoms with Crippen LogP contribution < -0.4 is 5.32 Å². The summed E-state index contributed by atoms with van der Waals surface area (Å²) in [5.74, 6) is -0.670. The standard InChI is InChI=1S/C14H16N2O3/c17-14(18)12-10-19-13(16-12)9-15-8-4-7-11-5-2-1-3-6-11/h1-3,5-6,10,15H,4,7-9H2,(H,17,18). The molecule has 2 aromatic rings. The van der Waals surface area contributed by atoms with E-state index < -0.39 is 5.97 Å². The second-order valence-electron chi connectivity index (χ2n) is 4.20. The van der Waals surface area contributed by atoms with Crippen molar-refractivity contribution in [3.63, 3.8) is 0 Å². The number of oxazole rings is 1. The van der Waals surface area contributed by atoms with Crippen LogP contribution in [0.3, 0.4) is 0 Å². The highest BCUT2D eigenvalue weighted by Gasteiger charge is 2.09. The van der Waals surface area contributed by atoms with Crippen LogP contribution >= 0.6 is 0 Å². The van der Waals surface area contributed by atoms with E-state index in [0.717, 1.165) is 25.6 Å². The summed E-state index contributed by atoms with van der Waals surface area (Å²) in [6.07, 6.45) is 3.18. The fraction of sp³-hybridized carbons (Fsp3) is 0.286. The summed E-state index contributed by atoms with van der Waals surface area (Å²) in [6, 6.07) is 10.3. The van der Waals surface area contributed by atoms with Crippen LogP contribution in [0.25, 0.3) is 0 Å². The molecule has 5 nitrogen and oxygen atoms in total. The van der Waals surface area contributed by atoms with Gasteiger partial charge in [-0.05, 0) is 24.9 Å². The number of nitrogens with one attached hydrogen (secondary N) is 1. The molecule has 1 heterocycles. The molecule has 1 aromatic carbocycles. The lowest BCUT2D eigenvalue weighted by molar-refractivity contribution is 0.0690. The molecule has 0 fully saturated rings. The lowest BCUT2D eigenvalue weighted by Crippen LogP contribution is -2.15. The number of aromatic carboxylic acids is 1. The van der Waals surface area contributed by atoms with E-state index in [4.69, 9.17) is 9.52 Å². The Hall–Kier alpha value is -2.14. The molecule has 0 saturated carbocycles. The number of hydrogen-bond donors (Lipinski definition) is 2. The van der Waals surface area contributed by atoms with Crippen molar-refractivity contribution < 1.29 is 14.3 Å². The number of aromatic nitrogens is 1. The highest BCUT2D eigenvalue weighted by molar-refractivity contribution is 5.84. The number of hydrogen-bond acceptors (Lipinski definition) is 4. The normalized spacial score (nSPS) is 10.5. The van der Waals surface area contributed by atoms with Gasteiger partial charge in [0.05, 0.1) is 6.54 Å². The zero-order chi connectivity index (χ0) is 13.5. The van der Waals surface area contributed by atoms with Crippen molar-refractivity contribution in [2.45, 2.75) is 19.4 Å². The van der Waals surface area contributed by atoms with E-state index in [1.165, 1.54) is 5.56 Å². The van der Waals surface area contributed by atoms with Gasteiger partial charge in [-0.15, -0.1) is 0 Å². The molecule has 0 saturated heterocycles. The summed E-state index contributed by atoms with van der Waals surface area (Å²) in [7, 11) is 0. The van der Waals surface area contributed by atoms with Gasteiger partial charge in [-0.25, -0.2) is 9.78 Å². The number of benzene rings is 1. The molecule has 0 aliphatic carbocycles. The first-order valence-electron chi connectivity index (χ1n) is 6.18. The molecule has 0 bridgehead atoms. The number of carboxylic acids is 1. The third-order valence-electron chi connectivity index (χ3n) is 2.71. The fourth-order valence-electron chi connectivity index (χ4n) is 1.75. The van der Waals surface area contributed by atoms with E-state index in [-0.39, 0.29) is 5.69 Å². The van der Waals surface area contributed by atoms with E-state index in [0.29, 0.717) is 12.4 Å². The third kappa shape index (κ3) is 4.22. The second-order valence-corrected chi connectivity index (χ2v) is 4.20. The number of aryl methyl sites for hydroxylation is 1. The Morgan fingerprint density at radius 3 is 2.79 bits per heavy atom. The Labute approximate surface area is 111 Å². The molecule has 100 valence electrons. The van der Waals surface area contributed by atoms with Gasteiger partial charge in [0.25, 0.3) is 0 Å². The van der Waals surface area contributed by atoms with Crippen LogP contribution in [-0.4, -0.2) is 22.6 Å². The van der Waals surface area contributed by atoms with Crippen LogP contribution in [0.4, 0.5) is 0 Å². The Bertz CT molecular complexity index is 522. The van der Waals surface area contributed by atoms with Crippen molar-refractivity contribution in [2.24, 2.45) is 0 Å². The summed E-state index contributed by atoms with van der Waals surface area (Å²) < 4.78 is 5.04. The maximum Gasteiger partial charge on any atom is 0.357 e. The summed E-state index contributed by atoms with van der Waals surface area (Å²) in [5.41, 5.74) is 1.26. The van der Waals surface area contributed by atoms with Crippen LogP contribution in [0.2, 0.25) is 0 Å². The molecule has 2 rings (SSSR count). The zero-order valence-electron chi connectivity index (χ0n) is 10.5. The summed E-state index contributed by atoms with van der Waals surface area (Å²) in [5, 5.41) is 11.9. The molecule has 19 heavy (non-hydrogen) atoms. The van der Waals surface area contributed by atoms with Crippen LogP contribution in [0.15, 0.2) is 41.0 Å². The molecular weight excluding hydrogens is 244 g/mol. The van der Waals surface area contributed by atoms with Gasteiger partial charge in [0.15, 0.2) is 5.69 Å². The SMILES string of the molecule is O=C(O)c1coc(CNCCCc2ccccc2)n1. The van der Waals surface area contributed by atoms with Crippen LogP contribution in [0, 0.1) is 0 Å². The summed E-state index contributed by atoms with van der Waals surface area (Å²) in [4.78, 5) is 14.4. The largest absolute Gasteiger partial charge is 0.476 e. The lowest BCUT2D eigenvalue weighted by atomic mass is 10.1. The molecule has 0 amide bonds. The summed E-state index contributed by atoms with van der Waals surface area (Å²) >= 11 is 0. The van der Waals surface area contributed by atoms with Crippen LogP contribution in [-0.2, 0) is 13.0 Å². The van der Waals surface area contributed by atoms with Gasteiger partial charge in [0, 0.05) is 0 Å². The predicted molar refractivity (Wildman–Crippen MR) is 69.9 cm³/mol. The Balaban J connectivity index is 1.65. The number of carbonyl (C=O) groups is 1. The van der Waals surface area contributed by atoms with E-state index >= 15 is 0 Å². The minimum atomic E-state index is -1.07. The van der Waals surface area contributed by atoms with Gasteiger partial charge in [0.1, 0.15) is 6.26 Å². The molecule has 0 aliphatic heterocycles. The average Bonchev–Trinajstić information content (AvgIpc) is 2.89. The van der Waals surface area contributed by atoms with Crippen molar-refractivity contribution in [1.29, 1.82) is 0 Å². The number of rotatable bonds is 7. The number of nitrogens with zero attached hydrogens (tertiary/aromatic N) is 1. The predicted octanol–water partition coefficient (Wildman–Crippen LogP) is 2.10. The van der Waals surface area contributed by atoms with Crippen molar-refractivity contribution in [3.8, 4) is 0 Å². The first kappa shape index (κ1) is 13.3. The van der Waals surface area contributed by atoms with Crippen LogP contribution in [0.5, 0.6) is 0 Å². The fourth-order valence-corrected chi connectivity index (χ4v) is 1.75. The third-order valence-corrected chi connectivity index (χ3v) is 2.71. The van der Waals surface area contributed by atoms with Crippen LogP contribution in [0.1, 0.15) is 28.4 Å². The second kappa shape index (κ2) is 6.70. The minimum Gasteiger partial charge on any atom is -0.476 e. The number of carboxylic acid groups (broad SMARTS) is 1. The highest BCUT2D eigenvalue weighted by Crippen LogP contribution is 2.03. The summed E-state index contributed by atoms with van der Waals surface area (Å²) in [6.45, 7) is 1.28. The van der Waals surface area contributed by atoms with Gasteiger partial charge in [-0.2, -0.15) is 0 Å². The minimum absolute atomic E-state index is 0.0546. The van der Waals surface area contributed by atoms with E-state index in [1.807, 2.05) is 18.2 Å². The highest BCUT2D eigenvalue weighted by atomic mass is 16.4. The molecule has 0 atom stereocenters. The van der Waals surface area contributed by atoms with E-state index in [1.54, 1.807) is 0 Å².